The third kappa shape index (κ3) is 3.75. The highest BCUT2D eigenvalue weighted by molar-refractivity contribution is 7.98. The minimum Gasteiger partial charge on any atom is -0.407 e. The molecule has 7 heteroatoms. The molecule has 0 aliphatic heterocycles. The number of pyridine rings is 1. The molecular formula is C16H14N4O2S. The normalized spacial score (nSPS) is 10.5. The first-order valence-electron chi connectivity index (χ1n) is 6.87. The van der Waals surface area contributed by atoms with E-state index in [0.717, 1.165) is 16.6 Å². The minimum absolute atomic E-state index is 0.216. The van der Waals surface area contributed by atoms with Gasteiger partial charge in [-0.05, 0) is 18.4 Å². The van der Waals surface area contributed by atoms with Crippen LogP contribution in [0, 0.1) is 0 Å². The van der Waals surface area contributed by atoms with Gasteiger partial charge in [0.25, 0.3) is 0 Å². The average molecular weight is 326 g/mol. The van der Waals surface area contributed by atoms with Gasteiger partial charge in [0.2, 0.25) is 5.88 Å². The van der Waals surface area contributed by atoms with Crippen LogP contribution in [0.5, 0.6) is 5.88 Å². The molecular weight excluding hydrogens is 312 g/mol. The molecule has 116 valence electrons. The molecule has 0 atom stereocenters. The van der Waals surface area contributed by atoms with Crippen molar-refractivity contribution in [3.63, 3.8) is 0 Å². The number of thioether (sulfide) groups is 1. The molecule has 0 aliphatic carbocycles. The van der Waals surface area contributed by atoms with Crippen molar-refractivity contribution in [2.75, 3.05) is 11.6 Å². The smallest absolute Gasteiger partial charge is 0.309 e. The summed E-state index contributed by atoms with van der Waals surface area (Å²) in [5, 5.41) is 4.70. The molecule has 0 saturated heterocycles. The predicted molar refractivity (Wildman–Crippen MR) is 90.1 cm³/mol. The van der Waals surface area contributed by atoms with Crippen molar-refractivity contribution in [2.24, 2.45) is 0 Å². The first-order valence-corrected chi connectivity index (χ1v) is 8.10. The van der Waals surface area contributed by atoms with Gasteiger partial charge in [0.15, 0.2) is 5.16 Å². The van der Waals surface area contributed by atoms with Gasteiger partial charge >= 0.3 is 5.97 Å². The van der Waals surface area contributed by atoms with E-state index in [0.29, 0.717) is 11.0 Å². The highest BCUT2D eigenvalue weighted by atomic mass is 32.2. The van der Waals surface area contributed by atoms with Crippen LogP contribution in [0.1, 0.15) is 6.92 Å². The largest absolute Gasteiger partial charge is 0.407 e. The fourth-order valence-electron chi connectivity index (χ4n) is 2.05. The number of nitrogens with one attached hydrogen (secondary N) is 1. The molecule has 0 fully saturated rings. The molecule has 0 saturated carbocycles. The summed E-state index contributed by atoms with van der Waals surface area (Å²) in [5.74, 6) is 0.333. The van der Waals surface area contributed by atoms with E-state index >= 15 is 0 Å². The predicted octanol–water partition coefficient (Wildman–Crippen LogP) is 3.42. The fourth-order valence-corrected chi connectivity index (χ4v) is 2.42. The zero-order chi connectivity index (χ0) is 16.2. The Labute approximate surface area is 137 Å². The molecule has 1 N–H and O–H groups in total. The molecule has 6 nitrogen and oxygen atoms in total. The molecule has 0 bridgehead atoms. The Bertz CT molecular complexity index is 870. The minimum atomic E-state index is -0.422. The lowest BCUT2D eigenvalue weighted by atomic mass is 10.2. The van der Waals surface area contributed by atoms with E-state index in [-0.39, 0.29) is 5.88 Å². The van der Waals surface area contributed by atoms with Gasteiger partial charge in [0.05, 0.1) is 17.4 Å². The molecule has 0 radical (unpaired) electrons. The van der Waals surface area contributed by atoms with Gasteiger partial charge in [0, 0.05) is 18.4 Å². The number of carbonyl (C=O) groups is 1. The summed E-state index contributed by atoms with van der Waals surface area (Å²) >= 11 is 1.37. The van der Waals surface area contributed by atoms with Gasteiger partial charge < -0.3 is 10.1 Å². The molecule has 0 unspecified atom stereocenters. The van der Waals surface area contributed by atoms with Crippen LogP contribution < -0.4 is 10.1 Å². The number of esters is 1. The number of anilines is 2. The van der Waals surface area contributed by atoms with Gasteiger partial charge in [-0.15, -0.1) is 0 Å². The molecule has 2 aromatic heterocycles. The Morgan fingerprint density at radius 3 is 2.83 bits per heavy atom. The lowest BCUT2D eigenvalue weighted by Gasteiger charge is -2.09. The monoisotopic (exact) mass is 326 g/mol. The number of fused-ring (bicyclic) bond motifs is 1. The number of aromatic nitrogens is 3. The van der Waals surface area contributed by atoms with E-state index in [1.165, 1.54) is 18.7 Å². The van der Waals surface area contributed by atoms with Crippen LogP contribution in [0.4, 0.5) is 11.5 Å². The van der Waals surface area contributed by atoms with E-state index in [1.807, 2.05) is 36.6 Å². The Hall–Kier alpha value is -2.67. The first kappa shape index (κ1) is 15.2. The number of nitrogens with zero attached hydrogens (tertiary/aromatic N) is 3. The molecule has 3 aromatic rings. The summed E-state index contributed by atoms with van der Waals surface area (Å²) in [6, 6.07) is 11.4. The number of ether oxygens (including phenoxy) is 1. The van der Waals surface area contributed by atoms with Crippen molar-refractivity contribution >= 4 is 40.1 Å². The van der Waals surface area contributed by atoms with Gasteiger partial charge in [-0.2, -0.15) is 4.98 Å². The van der Waals surface area contributed by atoms with Crippen LogP contribution in [-0.4, -0.2) is 27.2 Å². The lowest BCUT2D eigenvalue weighted by Crippen LogP contribution is -2.05. The third-order valence-corrected chi connectivity index (χ3v) is 3.52. The Kier molecular flexibility index (Phi) is 4.38. The number of para-hydroxylation sites is 1. The van der Waals surface area contributed by atoms with Crippen LogP contribution in [-0.2, 0) is 4.79 Å². The maximum atomic E-state index is 11.1. The van der Waals surface area contributed by atoms with Crippen LogP contribution >= 0.6 is 11.8 Å². The second-order valence-corrected chi connectivity index (χ2v) is 5.49. The standard InChI is InChI=1S/C16H14N4O2S/c1-10(21)22-15-8-14(19-16(20-15)23-2)18-12-7-11-5-3-4-6-13(11)17-9-12/h3-9H,1-2H3,(H,18,19,20). The third-order valence-electron chi connectivity index (χ3n) is 2.98. The Morgan fingerprint density at radius 2 is 2.04 bits per heavy atom. The van der Waals surface area contributed by atoms with Gasteiger partial charge in [-0.1, -0.05) is 30.0 Å². The summed E-state index contributed by atoms with van der Waals surface area (Å²) in [4.78, 5) is 24.0. The summed E-state index contributed by atoms with van der Waals surface area (Å²) in [6.45, 7) is 1.33. The summed E-state index contributed by atoms with van der Waals surface area (Å²) in [7, 11) is 0. The van der Waals surface area contributed by atoms with Gasteiger partial charge in [-0.3, -0.25) is 9.78 Å². The number of rotatable bonds is 4. The number of hydrogen-bond donors (Lipinski definition) is 1. The van der Waals surface area contributed by atoms with Crippen molar-refractivity contribution < 1.29 is 9.53 Å². The Morgan fingerprint density at radius 1 is 1.22 bits per heavy atom. The second-order valence-electron chi connectivity index (χ2n) is 4.71. The quantitative estimate of drug-likeness (QED) is 0.447. The maximum Gasteiger partial charge on any atom is 0.309 e. The van der Waals surface area contributed by atoms with Gasteiger partial charge in [-0.25, -0.2) is 4.98 Å². The van der Waals surface area contributed by atoms with Crippen molar-refractivity contribution in [1.82, 2.24) is 15.0 Å². The zero-order valence-electron chi connectivity index (χ0n) is 12.6. The van der Waals surface area contributed by atoms with E-state index in [1.54, 1.807) is 12.3 Å². The van der Waals surface area contributed by atoms with Crippen molar-refractivity contribution in [2.45, 2.75) is 12.1 Å². The van der Waals surface area contributed by atoms with Crippen LogP contribution in [0.3, 0.4) is 0 Å². The van der Waals surface area contributed by atoms with E-state index in [2.05, 4.69) is 20.3 Å². The van der Waals surface area contributed by atoms with E-state index < -0.39 is 5.97 Å². The highest BCUT2D eigenvalue weighted by Gasteiger charge is 2.08. The van der Waals surface area contributed by atoms with Crippen LogP contribution in [0.15, 0.2) is 47.8 Å². The highest BCUT2D eigenvalue weighted by Crippen LogP contribution is 2.23. The van der Waals surface area contributed by atoms with Crippen LogP contribution in [0.25, 0.3) is 10.9 Å². The van der Waals surface area contributed by atoms with Crippen molar-refractivity contribution in [1.29, 1.82) is 0 Å². The molecule has 2 heterocycles. The van der Waals surface area contributed by atoms with Crippen LogP contribution in [0.2, 0.25) is 0 Å². The fraction of sp³-hybridized carbons (Fsp3) is 0.125. The molecule has 1 aromatic carbocycles. The van der Waals surface area contributed by atoms with Crippen molar-refractivity contribution in [3.8, 4) is 5.88 Å². The molecule has 0 amide bonds. The van der Waals surface area contributed by atoms with Crippen molar-refractivity contribution in [3.05, 3.63) is 42.6 Å². The van der Waals surface area contributed by atoms with E-state index in [4.69, 9.17) is 4.74 Å². The maximum absolute atomic E-state index is 11.1. The number of hydrogen-bond acceptors (Lipinski definition) is 7. The Balaban J connectivity index is 1.92. The number of benzene rings is 1. The SMILES string of the molecule is CSc1nc(Nc2cnc3ccccc3c2)cc(OC(C)=O)n1. The second kappa shape index (κ2) is 6.62. The summed E-state index contributed by atoms with van der Waals surface area (Å²) in [5.41, 5.74) is 1.72. The zero-order valence-corrected chi connectivity index (χ0v) is 13.4. The lowest BCUT2D eigenvalue weighted by molar-refractivity contribution is -0.132. The molecule has 0 spiro atoms. The van der Waals surface area contributed by atoms with Gasteiger partial charge in [0.1, 0.15) is 5.82 Å². The first-order chi connectivity index (χ1) is 11.1. The molecule has 0 aliphatic rings. The summed E-state index contributed by atoms with van der Waals surface area (Å²) in [6.07, 6.45) is 3.59. The summed E-state index contributed by atoms with van der Waals surface area (Å²) < 4.78 is 5.05. The molecule has 3 rings (SSSR count). The topological polar surface area (TPSA) is 77.0 Å². The van der Waals surface area contributed by atoms with E-state index in [9.17, 15) is 4.79 Å². The average Bonchev–Trinajstić information content (AvgIpc) is 2.54. The molecule has 23 heavy (non-hydrogen) atoms. The number of carbonyl (C=O) groups excluding carboxylic acids is 1.